The van der Waals surface area contributed by atoms with E-state index in [-0.39, 0.29) is 0 Å². The average Bonchev–Trinajstić information content (AvgIpc) is 2.90. The van der Waals surface area contributed by atoms with Crippen LogP contribution in [0, 0.1) is 6.92 Å². The van der Waals surface area contributed by atoms with Crippen LogP contribution in [-0.4, -0.2) is 40.9 Å². The van der Waals surface area contributed by atoms with Crippen molar-refractivity contribution in [1.82, 2.24) is 25.4 Å². The molecule has 0 bridgehead atoms. The highest BCUT2D eigenvalue weighted by molar-refractivity contribution is 5.79. The van der Waals surface area contributed by atoms with Gasteiger partial charge in [-0.2, -0.15) is 0 Å². The molecular formula is C17H26N6O. The summed E-state index contributed by atoms with van der Waals surface area (Å²) in [6.07, 6.45) is 0.894. The van der Waals surface area contributed by atoms with Gasteiger partial charge in [-0.1, -0.05) is 12.1 Å². The van der Waals surface area contributed by atoms with Crippen molar-refractivity contribution in [3.8, 4) is 5.75 Å². The van der Waals surface area contributed by atoms with Gasteiger partial charge in [0.15, 0.2) is 11.8 Å². The van der Waals surface area contributed by atoms with Crippen molar-refractivity contribution in [3.63, 3.8) is 0 Å². The topological polar surface area (TPSA) is 76.4 Å². The Morgan fingerprint density at radius 1 is 1.29 bits per heavy atom. The Hall–Kier alpha value is -2.57. The van der Waals surface area contributed by atoms with Gasteiger partial charge in [0.2, 0.25) is 0 Å². The van der Waals surface area contributed by atoms with Gasteiger partial charge in [-0.25, -0.2) is 0 Å². The number of benzene rings is 1. The van der Waals surface area contributed by atoms with Gasteiger partial charge in [-0.3, -0.25) is 4.99 Å². The van der Waals surface area contributed by atoms with E-state index in [1.165, 1.54) is 5.56 Å². The van der Waals surface area contributed by atoms with Crippen LogP contribution in [0.2, 0.25) is 0 Å². The molecule has 130 valence electrons. The molecule has 0 spiro atoms. The second-order valence-electron chi connectivity index (χ2n) is 5.41. The lowest BCUT2D eigenvalue weighted by molar-refractivity contribution is 0.340. The molecule has 0 saturated carbocycles. The zero-order valence-corrected chi connectivity index (χ0v) is 14.8. The minimum atomic E-state index is 0.580. The largest absolute Gasteiger partial charge is 0.494 e. The summed E-state index contributed by atoms with van der Waals surface area (Å²) in [5.74, 6) is 3.43. The van der Waals surface area contributed by atoms with E-state index in [1.807, 2.05) is 37.6 Å². The highest BCUT2D eigenvalue weighted by Crippen LogP contribution is 2.13. The number of aromatic nitrogens is 3. The molecule has 0 atom stereocenters. The number of nitrogens with one attached hydrogen (secondary N) is 2. The number of aliphatic imine (C=N–C) groups is 1. The van der Waals surface area contributed by atoms with Gasteiger partial charge in [0.1, 0.15) is 11.6 Å². The van der Waals surface area contributed by atoms with Crippen molar-refractivity contribution in [2.75, 3.05) is 20.2 Å². The summed E-state index contributed by atoms with van der Waals surface area (Å²) < 4.78 is 7.48. The van der Waals surface area contributed by atoms with E-state index in [2.05, 4.69) is 38.0 Å². The molecule has 1 heterocycles. The van der Waals surface area contributed by atoms with E-state index in [0.29, 0.717) is 13.2 Å². The van der Waals surface area contributed by atoms with E-state index in [1.54, 1.807) is 7.05 Å². The SMILES string of the molecule is CCOc1cccc(CCNC(=NC)NCc2nnc(C)n2C)c1. The Balaban J connectivity index is 1.79. The average molecular weight is 330 g/mol. The minimum absolute atomic E-state index is 0.580. The van der Waals surface area contributed by atoms with Gasteiger partial charge < -0.3 is 19.9 Å². The Morgan fingerprint density at radius 2 is 2.12 bits per heavy atom. The molecule has 0 aliphatic rings. The first kappa shape index (κ1) is 17.8. The smallest absolute Gasteiger partial charge is 0.191 e. The number of guanidine groups is 1. The van der Waals surface area contributed by atoms with Crippen molar-refractivity contribution in [1.29, 1.82) is 0 Å². The lowest BCUT2D eigenvalue weighted by Crippen LogP contribution is -2.38. The van der Waals surface area contributed by atoms with Crippen LogP contribution in [0.5, 0.6) is 5.75 Å². The van der Waals surface area contributed by atoms with Crippen molar-refractivity contribution in [2.45, 2.75) is 26.8 Å². The van der Waals surface area contributed by atoms with Crippen molar-refractivity contribution in [3.05, 3.63) is 41.5 Å². The monoisotopic (exact) mass is 330 g/mol. The van der Waals surface area contributed by atoms with Gasteiger partial charge >= 0.3 is 0 Å². The normalized spacial score (nSPS) is 11.4. The van der Waals surface area contributed by atoms with Gasteiger partial charge in [-0.05, 0) is 38.0 Å². The number of hydrogen-bond donors (Lipinski definition) is 2. The molecule has 2 aromatic rings. The first-order valence-electron chi connectivity index (χ1n) is 8.15. The third-order valence-corrected chi connectivity index (χ3v) is 3.74. The highest BCUT2D eigenvalue weighted by Gasteiger charge is 2.05. The minimum Gasteiger partial charge on any atom is -0.494 e. The first-order valence-corrected chi connectivity index (χ1v) is 8.15. The molecule has 7 nitrogen and oxygen atoms in total. The highest BCUT2D eigenvalue weighted by atomic mass is 16.5. The van der Waals surface area contributed by atoms with Crippen LogP contribution in [0.3, 0.4) is 0 Å². The summed E-state index contributed by atoms with van der Waals surface area (Å²) in [6.45, 7) is 5.96. The lowest BCUT2D eigenvalue weighted by atomic mass is 10.1. The first-order chi connectivity index (χ1) is 11.6. The molecule has 2 N–H and O–H groups in total. The molecule has 1 aromatic carbocycles. The third-order valence-electron chi connectivity index (χ3n) is 3.74. The number of rotatable bonds is 7. The summed E-state index contributed by atoms with van der Waals surface area (Å²) in [6, 6.07) is 8.17. The third kappa shape index (κ3) is 4.97. The van der Waals surface area contributed by atoms with Crippen LogP contribution in [0.25, 0.3) is 0 Å². The zero-order chi connectivity index (χ0) is 17.4. The van der Waals surface area contributed by atoms with Crippen LogP contribution < -0.4 is 15.4 Å². The molecule has 24 heavy (non-hydrogen) atoms. The zero-order valence-electron chi connectivity index (χ0n) is 14.8. The van der Waals surface area contributed by atoms with Crippen LogP contribution in [0.15, 0.2) is 29.3 Å². The van der Waals surface area contributed by atoms with Crippen molar-refractivity contribution in [2.24, 2.45) is 12.0 Å². The van der Waals surface area contributed by atoms with Crippen LogP contribution in [-0.2, 0) is 20.0 Å². The summed E-state index contributed by atoms with van der Waals surface area (Å²) >= 11 is 0. The molecule has 0 fully saturated rings. The summed E-state index contributed by atoms with van der Waals surface area (Å²) in [7, 11) is 3.71. The number of ether oxygens (including phenoxy) is 1. The molecule has 0 saturated heterocycles. The number of hydrogen-bond acceptors (Lipinski definition) is 4. The second-order valence-corrected chi connectivity index (χ2v) is 5.41. The van der Waals surface area contributed by atoms with Gasteiger partial charge in [0.25, 0.3) is 0 Å². The maximum Gasteiger partial charge on any atom is 0.191 e. The van der Waals surface area contributed by atoms with E-state index >= 15 is 0 Å². The maximum absolute atomic E-state index is 5.52. The van der Waals surface area contributed by atoms with Gasteiger partial charge in [0.05, 0.1) is 13.2 Å². The molecule has 1 aromatic heterocycles. The van der Waals surface area contributed by atoms with Crippen LogP contribution >= 0.6 is 0 Å². The molecule has 0 aliphatic carbocycles. The molecule has 0 amide bonds. The van der Waals surface area contributed by atoms with Crippen molar-refractivity contribution < 1.29 is 4.74 Å². The van der Waals surface area contributed by atoms with Crippen LogP contribution in [0.4, 0.5) is 0 Å². The van der Waals surface area contributed by atoms with Crippen LogP contribution in [0.1, 0.15) is 24.1 Å². The molecule has 0 unspecified atom stereocenters. The molecule has 2 rings (SSSR count). The molecule has 0 radical (unpaired) electrons. The van der Waals surface area contributed by atoms with E-state index in [4.69, 9.17) is 4.74 Å². The van der Waals surface area contributed by atoms with Gasteiger partial charge in [0, 0.05) is 20.6 Å². The maximum atomic E-state index is 5.52. The Kier molecular flexibility index (Phi) is 6.60. The summed E-state index contributed by atoms with van der Waals surface area (Å²) in [4.78, 5) is 4.23. The predicted octanol–water partition coefficient (Wildman–Crippen LogP) is 1.43. The fraction of sp³-hybridized carbons (Fsp3) is 0.471. The second kappa shape index (κ2) is 8.90. The summed E-state index contributed by atoms with van der Waals surface area (Å²) in [5.41, 5.74) is 1.23. The predicted molar refractivity (Wildman–Crippen MR) is 95.3 cm³/mol. The fourth-order valence-corrected chi connectivity index (χ4v) is 2.27. The Morgan fingerprint density at radius 3 is 2.79 bits per heavy atom. The number of nitrogens with zero attached hydrogens (tertiary/aromatic N) is 4. The van der Waals surface area contributed by atoms with Gasteiger partial charge in [-0.15, -0.1) is 10.2 Å². The van der Waals surface area contributed by atoms with E-state index in [0.717, 1.165) is 36.3 Å². The fourth-order valence-electron chi connectivity index (χ4n) is 2.27. The Labute approximate surface area is 143 Å². The quantitative estimate of drug-likeness (QED) is 0.593. The molecule has 0 aliphatic heterocycles. The molecular weight excluding hydrogens is 304 g/mol. The van der Waals surface area contributed by atoms with E-state index in [9.17, 15) is 0 Å². The lowest BCUT2D eigenvalue weighted by Gasteiger charge is -2.12. The number of aryl methyl sites for hydroxylation is 1. The van der Waals surface area contributed by atoms with Crippen molar-refractivity contribution >= 4 is 5.96 Å². The Bertz CT molecular complexity index is 679. The standard InChI is InChI=1S/C17H26N6O/c1-5-24-15-8-6-7-14(11-15)9-10-19-17(18-3)20-12-16-22-21-13(2)23(16)4/h6-8,11H,5,9-10,12H2,1-4H3,(H2,18,19,20). The summed E-state index contributed by atoms with van der Waals surface area (Å²) in [5, 5.41) is 14.7. The van der Waals surface area contributed by atoms with E-state index < -0.39 is 0 Å². The molecule has 7 heteroatoms.